The Morgan fingerprint density at radius 3 is 2.30 bits per heavy atom. The second kappa shape index (κ2) is 10.5. The number of rotatable bonds is 5. The lowest BCUT2D eigenvalue weighted by Gasteiger charge is -2.10. The summed E-state index contributed by atoms with van der Waals surface area (Å²) < 4.78 is 11.3. The Hall–Kier alpha value is -4.11. The number of halogens is 2. The van der Waals surface area contributed by atoms with Crippen molar-refractivity contribution in [3.63, 3.8) is 0 Å². The molecular formula is C27H17Cl2N3O4S. The van der Waals surface area contributed by atoms with Crippen molar-refractivity contribution in [2.45, 2.75) is 0 Å². The van der Waals surface area contributed by atoms with Crippen LogP contribution in [-0.4, -0.2) is 16.9 Å². The Balaban J connectivity index is 1.21. The van der Waals surface area contributed by atoms with Gasteiger partial charge in [0, 0.05) is 22.3 Å². The molecule has 5 rings (SSSR count). The van der Waals surface area contributed by atoms with Crippen molar-refractivity contribution in [2.24, 2.45) is 0 Å². The first-order valence-electron chi connectivity index (χ1n) is 10.9. The molecule has 0 fully saturated rings. The Bertz CT molecular complexity index is 1630. The van der Waals surface area contributed by atoms with E-state index in [4.69, 9.17) is 44.3 Å². The summed E-state index contributed by atoms with van der Waals surface area (Å²) in [6, 6.07) is 24.2. The number of hydrogen-bond donors (Lipinski definition) is 3. The van der Waals surface area contributed by atoms with E-state index in [-0.39, 0.29) is 16.6 Å². The van der Waals surface area contributed by atoms with Crippen LogP contribution in [0.2, 0.25) is 10.0 Å². The number of carbonyl (C=O) groups is 2. The topological polar surface area (TPSA) is 96.5 Å². The summed E-state index contributed by atoms with van der Waals surface area (Å²) in [7, 11) is 0. The molecule has 2 amide bonds. The van der Waals surface area contributed by atoms with Crippen molar-refractivity contribution in [1.29, 1.82) is 0 Å². The molecule has 37 heavy (non-hydrogen) atoms. The van der Waals surface area contributed by atoms with E-state index in [2.05, 4.69) is 16.0 Å². The standard InChI is InChI=1S/C27H17Cl2N3O4S/c28-19-9-4-8-18(24(19)29)21-11-12-22(36-21)25(33)32-27(37)31-17-7-3-6-16(14-17)30-26(34)23-13-15-5-1-2-10-20(15)35-23/h1-14H,(H,30,34)(H2,31,32,33,37). The van der Waals surface area contributed by atoms with E-state index < -0.39 is 11.8 Å². The third-order valence-corrected chi connectivity index (χ3v) is 6.32. The lowest BCUT2D eigenvalue weighted by atomic mass is 10.2. The lowest BCUT2D eigenvalue weighted by Crippen LogP contribution is -2.33. The van der Waals surface area contributed by atoms with Gasteiger partial charge >= 0.3 is 0 Å². The molecule has 7 nitrogen and oxygen atoms in total. The molecule has 0 spiro atoms. The third-order valence-electron chi connectivity index (χ3n) is 5.30. The molecule has 0 saturated heterocycles. The van der Waals surface area contributed by atoms with Gasteiger partial charge in [0.2, 0.25) is 0 Å². The highest BCUT2D eigenvalue weighted by Gasteiger charge is 2.17. The number of fused-ring (bicyclic) bond motifs is 1. The molecule has 0 bridgehead atoms. The van der Waals surface area contributed by atoms with Crippen molar-refractivity contribution < 1.29 is 18.4 Å². The van der Waals surface area contributed by atoms with Crippen LogP contribution in [0.3, 0.4) is 0 Å². The molecule has 3 aromatic carbocycles. The number of carbonyl (C=O) groups excluding carboxylic acids is 2. The number of para-hydroxylation sites is 1. The minimum Gasteiger partial charge on any atom is -0.451 e. The van der Waals surface area contributed by atoms with Crippen LogP contribution in [0.5, 0.6) is 0 Å². The molecule has 5 aromatic rings. The molecule has 0 atom stereocenters. The molecular weight excluding hydrogens is 533 g/mol. The molecule has 0 unspecified atom stereocenters. The van der Waals surface area contributed by atoms with Crippen molar-refractivity contribution in [3.05, 3.63) is 106 Å². The molecule has 3 N–H and O–H groups in total. The molecule has 2 aromatic heterocycles. The SMILES string of the molecule is O=C(NC(=S)Nc1cccc(NC(=O)c2cc3ccccc3o2)c1)c1ccc(-c2cccc(Cl)c2Cl)o1. The van der Waals surface area contributed by atoms with Crippen molar-refractivity contribution in [3.8, 4) is 11.3 Å². The number of hydrogen-bond acceptors (Lipinski definition) is 5. The fourth-order valence-corrected chi connectivity index (χ4v) is 4.19. The number of thiocarbonyl (C=S) groups is 1. The van der Waals surface area contributed by atoms with Gasteiger partial charge in [-0.25, -0.2) is 0 Å². The van der Waals surface area contributed by atoms with Crippen LogP contribution in [0, 0.1) is 0 Å². The van der Waals surface area contributed by atoms with Gasteiger partial charge in [0.1, 0.15) is 11.3 Å². The first-order chi connectivity index (χ1) is 17.9. The average Bonchev–Trinajstić information content (AvgIpc) is 3.54. The van der Waals surface area contributed by atoms with Crippen molar-refractivity contribution in [2.75, 3.05) is 10.6 Å². The van der Waals surface area contributed by atoms with Crippen LogP contribution in [0.1, 0.15) is 21.1 Å². The highest BCUT2D eigenvalue weighted by molar-refractivity contribution is 7.80. The number of benzene rings is 3. The van der Waals surface area contributed by atoms with E-state index in [1.54, 1.807) is 60.7 Å². The van der Waals surface area contributed by atoms with E-state index in [1.165, 1.54) is 6.07 Å². The fraction of sp³-hybridized carbons (Fsp3) is 0. The van der Waals surface area contributed by atoms with E-state index in [1.807, 2.05) is 18.2 Å². The van der Waals surface area contributed by atoms with Gasteiger partial charge in [-0.1, -0.05) is 53.5 Å². The van der Waals surface area contributed by atoms with Gasteiger partial charge in [-0.15, -0.1) is 0 Å². The fourth-order valence-electron chi connectivity index (χ4n) is 3.59. The Morgan fingerprint density at radius 1 is 0.730 bits per heavy atom. The van der Waals surface area contributed by atoms with E-state index in [9.17, 15) is 9.59 Å². The first kappa shape index (κ1) is 24.6. The van der Waals surface area contributed by atoms with Crippen LogP contribution in [0.4, 0.5) is 11.4 Å². The molecule has 10 heteroatoms. The second-order valence-electron chi connectivity index (χ2n) is 7.86. The van der Waals surface area contributed by atoms with E-state index in [0.717, 1.165) is 5.39 Å². The van der Waals surface area contributed by atoms with Crippen LogP contribution < -0.4 is 16.0 Å². The summed E-state index contributed by atoms with van der Waals surface area (Å²) in [6.07, 6.45) is 0. The van der Waals surface area contributed by atoms with Gasteiger partial charge < -0.3 is 19.5 Å². The van der Waals surface area contributed by atoms with Crippen LogP contribution in [-0.2, 0) is 0 Å². The van der Waals surface area contributed by atoms with Crippen LogP contribution in [0.25, 0.3) is 22.3 Å². The van der Waals surface area contributed by atoms with Gasteiger partial charge in [0.15, 0.2) is 16.6 Å². The van der Waals surface area contributed by atoms with Gasteiger partial charge in [-0.2, -0.15) is 0 Å². The normalized spacial score (nSPS) is 10.8. The highest BCUT2D eigenvalue weighted by Crippen LogP contribution is 2.34. The molecule has 0 radical (unpaired) electrons. The Kier molecular flexibility index (Phi) is 6.96. The lowest BCUT2D eigenvalue weighted by molar-refractivity contribution is 0.0950. The summed E-state index contributed by atoms with van der Waals surface area (Å²) in [5.74, 6) is -0.306. The smallest absolute Gasteiger partial charge is 0.293 e. The molecule has 0 aliphatic carbocycles. The van der Waals surface area contributed by atoms with Crippen LogP contribution in [0.15, 0.2) is 93.8 Å². The maximum Gasteiger partial charge on any atom is 0.293 e. The molecule has 0 aliphatic rings. The summed E-state index contributed by atoms with van der Waals surface area (Å²) >= 11 is 17.6. The summed E-state index contributed by atoms with van der Waals surface area (Å²) in [6.45, 7) is 0. The van der Waals surface area contributed by atoms with E-state index in [0.29, 0.717) is 38.3 Å². The summed E-state index contributed by atoms with van der Waals surface area (Å²) in [4.78, 5) is 25.3. The molecule has 184 valence electrons. The predicted octanol–water partition coefficient (Wildman–Crippen LogP) is 7.38. The molecule has 2 heterocycles. The van der Waals surface area contributed by atoms with Gasteiger partial charge in [0.25, 0.3) is 11.8 Å². The minimum absolute atomic E-state index is 0.0436. The zero-order valence-corrected chi connectivity index (χ0v) is 21.2. The Labute approximate surface area is 226 Å². The predicted molar refractivity (Wildman–Crippen MR) is 148 cm³/mol. The van der Waals surface area contributed by atoms with Crippen molar-refractivity contribution >= 4 is 74.7 Å². The van der Waals surface area contributed by atoms with E-state index >= 15 is 0 Å². The average molecular weight is 550 g/mol. The zero-order chi connectivity index (χ0) is 25.9. The number of nitrogens with one attached hydrogen (secondary N) is 3. The maximum atomic E-state index is 12.6. The monoisotopic (exact) mass is 549 g/mol. The zero-order valence-electron chi connectivity index (χ0n) is 18.9. The summed E-state index contributed by atoms with van der Waals surface area (Å²) in [5, 5.41) is 9.86. The maximum absolute atomic E-state index is 12.6. The van der Waals surface area contributed by atoms with Gasteiger partial charge in [-0.05, 0) is 66.8 Å². The second-order valence-corrected chi connectivity index (χ2v) is 9.05. The number of anilines is 2. The minimum atomic E-state index is -0.545. The molecule has 0 aliphatic heterocycles. The van der Waals surface area contributed by atoms with Crippen LogP contribution >= 0.6 is 35.4 Å². The van der Waals surface area contributed by atoms with Crippen molar-refractivity contribution in [1.82, 2.24) is 5.32 Å². The highest BCUT2D eigenvalue weighted by atomic mass is 35.5. The molecule has 0 saturated carbocycles. The number of furan rings is 2. The largest absolute Gasteiger partial charge is 0.451 e. The third kappa shape index (κ3) is 5.51. The number of amides is 2. The van der Waals surface area contributed by atoms with Gasteiger partial charge in [-0.3, -0.25) is 14.9 Å². The quantitative estimate of drug-likeness (QED) is 0.198. The first-order valence-corrected chi connectivity index (χ1v) is 12.1. The van der Waals surface area contributed by atoms with Gasteiger partial charge in [0.05, 0.1) is 10.0 Å². The Morgan fingerprint density at radius 2 is 1.49 bits per heavy atom. The summed E-state index contributed by atoms with van der Waals surface area (Å²) in [5.41, 5.74) is 2.26.